The average molecular weight is 196 g/mol. The summed E-state index contributed by atoms with van der Waals surface area (Å²) in [5.74, 6) is 0.934. The van der Waals surface area contributed by atoms with E-state index in [0.717, 1.165) is 23.6 Å². The molecule has 0 aromatic carbocycles. The molecule has 0 aromatic heterocycles. The average Bonchev–Trinajstić information content (AvgIpc) is 2.44. The molecule has 2 rings (SSSR count). The fourth-order valence-electron chi connectivity index (χ4n) is 2.39. The summed E-state index contributed by atoms with van der Waals surface area (Å²) in [5.41, 5.74) is 0. The molecule has 2 nitrogen and oxygen atoms in total. The van der Waals surface area contributed by atoms with E-state index in [1.54, 1.807) is 0 Å². The van der Waals surface area contributed by atoms with E-state index in [1.165, 1.54) is 25.8 Å². The quantitative estimate of drug-likeness (QED) is 0.532. The summed E-state index contributed by atoms with van der Waals surface area (Å²) < 4.78 is 0. The second kappa shape index (κ2) is 3.66. The van der Waals surface area contributed by atoms with Gasteiger partial charge in [-0.25, -0.2) is 0 Å². The minimum Gasteiger partial charge on any atom is -0.359 e. The lowest BCUT2D eigenvalue weighted by atomic mass is 9.93. The van der Waals surface area contributed by atoms with Gasteiger partial charge in [-0.1, -0.05) is 12.5 Å². The standard InChI is InChI=1S/C10H16N2S/c1-2-6-11-10(13)12-7-8-4-3-5-9(8)12/h2,8-9H,1,3-7H2,(H,11,13). The zero-order valence-electron chi connectivity index (χ0n) is 7.83. The summed E-state index contributed by atoms with van der Waals surface area (Å²) in [6.07, 6.45) is 5.97. The number of thiocarbonyl (C=S) groups is 1. The molecule has 1 aliphatic heterocycles. The molecule has 2 atom stereocenters. The summed E-state index contributed by atoms with van der Waals surface area (Å²) in [5, 5.41) is 4.11. The van der Waals surface area contributed by atoms with Crippen molar-refractivity contribution in [3.63, 3.8) is 0 Å². The second-order valence-electron chi connectivity index (χ2n) is 3.89. The molecule has 2 aliphatic rings. The van der Waals surface area contributed by atoms with Crippen molar-refractivity contribution < 1.29 is 0 Å². The maximum atomic E-state index is 5.28. The lowest BCUT2D eigenvalue weighted by Crippen LogP contribution is -2.58. The van der Waals surface area contributed by atoms with Crippen LogP contribution < -0.4 is 5.32 Å². The van der Waals surface area contributed by atoms with Crippen LogP contribution in [0.3, 0.4) is 0 Å². The van der Waals surface area contributed by atoms with Crippen LogP contribution in [0.25, 0.3) is 0 Å². The Kier molecular flexibility index (Phi) is 2.54. The molecular weight excluding hydrogens is 180 g/mol. The molecule has 2 fully saturated rings. The van der Waals surface area contributed by atoms with Gasteiger partial charge in [0, 0.05) is 19.1 Å². The zero-order valence-corrected chi connectivity index (χ0v) is 8.65. The molecule has 72 valence electrons. The molecule has 3 heteroatoms. The Hall–Kier alpha value is -0.570. The van der Waals surface area contributed by atoms with Crippen LogP contribution in [0.1, 0.15) is 19.3 Å². The summed E-state index contributed by atoms with van der Waals surface area (Å²) in [4.78, 5) is 2.33. The van der Waals surface area contributed by atoms with Crippen LogP contribution >= 0.6 is 12.2 Å². The van der Waals surface area contributed by atoms with Crippen molar-refractivity contribution >= 4 is 17.3 Å². The first-order chi connectivity index (χ1) is 6.33. The van der Waals surface area contributed by atoms with Gasteiger partial charge in [0.05, 0.1) is 0 Å². The molecule has 0 spiro atoms. The van der Waals surface area contributed by atoms with Crippen molar-refractivity contribution in [2.45, 2.75) is 25.3 Å². The number of fused-ring (bicyclic) bond motifs is 1. The third-order valence-corrected chi connectivity index (χ3v) is 3.49. The lowest BCUT2D eigenvalue weighted by Gasteiger charge is -2.46. The Morgan fingerprint density at radius 2 is 2.46 bits per heavy atom. The highest BCUT2D eigenvalue weighted by Gasteiger charge is 2.42. The van der Waals surface area contributed by atoms with Gasteiger partial charge in [-0.05, 0) is 31.0 Å². The topological polar surface area (TPSA) is 15.3 Å². The van der Waals surface area contributed by atoms with Gasteiger partial charge >= 0.3 is 0 Å². The monoisotopic (exact) mass is 196 g/mol. The first-order valence-corrected chi connectivity index (χ1v) is 5.39. The van der Waals surface area contributed by atoms with Gasteiger partial charge in [0.1, 0.15) is 0 Å². The van der Waals surface area contributed by atoms with Gasteiger partial charge in [-0.2, -0.15) is 0 Å². The van der Waals surface area contributed by atoms with Crippen LogP contribution in [0.2, 0.25) is 0 Å². The van der Waals surface area contributed by atoms with E-state index in [2.05, 4.69) is 16.8 Å². The van der Waals surface area contributed by atoms with E-state index in [1.807, 2.05) is 6.08 Å². The first kappa shape index (κ1) is 9.00. The predicted octanol–water partition coefficient (Wildman–Crippen LogP) is 1.53. The summed E-state index contributed by atoms with van der Waals surface area (Å²) in [6, 6.07) is 0.754. The van der Waals surface area contributed by atoms with E-state index < -0.39 is 0 Å². The molecule has 1 saturated carbocycles. The van der Waals surface area contributed by atoms with Crippen molar-refractivity contribution in [2.24, 2.45) is 5.92 Å². The van der Waals surface area contributed by atoms with Gasteiger partial charge in [0.15, 0.2) is 5.11 Å². The maximum Gasteiger partial charge on any atom is 0.169 e. The van der Waals surface area contributed by atoms with E-state index in [4.69, 9.17) is 12.2 Å². The molecule has 1 aliphatic carbocycles. The number of likely N-dealkylation sites (tertiary alicyclic amines) is 1. The minimum absolute atomic E-state index is 0.754. The van der Waals surface area contributed by atoms with E-state index in [0.29, 0.717) is 0 Å². The SMILES string of the molecule is C=CCNC(=S)N1CC2CCCC21. The number of rotatable bonds is 2. The van der Waals surface area contributed by atoms with Gasteiger partial charge < -0.3 is 10.2 Å². The molecular formula is C10H16N2S. The van der Waals surface area contributed by atoms with Crippen LogP contribution in [0.15, 0.2) is 12.7 Å². The van der Waals surface area contributed by atoms with Crippen LogP contribution in [-0.2, 0) is 0 Å². The molecule has 0 bridgehead atoms. The molecule has 2 unspecified atom stereocenters. The summed E-state index contributed by atoms with van der Waals surface area (Å²) >= 11 is 5.28. The van der Waals surface area contributed by atoms with Crippen molar-refractivity contribution in [3.8, 4) is 0 Å². The molecule has 1 saturated heterocycles. The van der Waals surface area contributed by atoms with Crippen molar-refractivity contribution in [2.75, 3.05) is 13.1 Å². The molecule has 0 radical (unpaired) electrons. The Balaban J connectivity index is 1.82. The summed E-state index contributed by atoms with van der Waals surface area (Å²) in [7, 11) is 0. The highest BCUT2D eigenvalue weighted by Crippen LogP contribution is 2.38. The third-order valence-electron chi connectivity index (χ3n) is 3.11. The fourth-order valence-corrected chi connectivity index (χ4v) is 2.68. The van der Waals surface area contributed by atoms with Gasteiger partial charge in [0.25, 0.3) is 0 Å². The smallest absolute Gasteiger partial charge is 0.169 e. The van der Waals surface area contributed by atoms with Crippen molar-refractivity contribution in [1.29, 1.82) is 0 Å². The second-order valence-corrected chi connectivity index (χ2v) is 4.27. The molecule has 0 aromatic rings. The molecule has 0 amide bonds. The minimum atomic E-state index is 0.754. The highest BCUT2D eigenvalue weighted by atomic mass is 32.1. The van der Waals surface area contributed by atoms with E-state index in [9.17, 15) is 0 Å². The highest BCUT2D eigenvalue weighted by molar-refractivity contribution is 7.80. The Morgan fingerprint density at radius 3 is 3.15 bits per heavy atom. The van der Waals surface area contributed by atoms with Crippen LogP contribution in [0, 0.1) is 5.92 Å². The Bertz CT molecular complexity index is 227. The summed E-state index contributed by atoms with van der Waals surface area (Å²) in [6.45, 7) is 5.62. The van der Waals surface area contributed by atoms with E-state index >= 15 is 0 Å². The van der Waals surface area contributed by atoms with E-state index in [-0.39, 0.29) is 0 Å². The maximum absolute atomic E-state index is 5.28. The largest absolute Gasteiger partial charge is 0.359 e. The van der Waals surface area contributed by atoms with Crippen molar-refractivity contribution in [1.82, 2.24) is 10.2 Å². The molecule has 1 heterocycles. The third kappa shape index (κ3) is 1.57. The number of hydrogen-bond acceptors (Lipinski definition) is 1. The normalized spacial score (nSPS) is 30.6. The number of hydrogen-bond donors (Lipinski definition) is 1. The predicted molar refractivity (Wildman–Crippen MR) is 58.6 cm³/mol. The Labute approximate surface area is 85.0 Å². The van der Waals surface area contributed by atoms with Gasteiger partial charge in [-0.3, -0.25) is 0 Å². The van der Waals surface area contributed by atoms with Crippen molar-refractivity contribution in [3.05, 3.63) is 12.7 Å². The lowest BCUT2D eigenvalue weighted by molar-refractivity contribution is 0.116. The van der Waals surface area contributed by atoms with Crippen LogP contribution in [0.5, 0.6) is 0 Å². The number of nitrogens with one attached hydrogen (secondary N) is 1. The number of nitrogens with zero attached hydrogens (tertiary/aromatic N) is 1. The molecule has 1 N–H and O–H groups in total. The van der Waals surface area contributed by atoms with Crippen LogP contribution in [0.4, 0.5) is 0 Å². The zero-order chi connectivity index (χ0) is 9.26. The molecule has 13 heavy (non-hydrogen) atoms. The Morgan fingerprint density at radius 1 is 1.62 bits per heavy atom. The first-order valence-electron chi connectivity index (χ1n) is 4.98. The fraction of sp³-hybridized carbons (Fsp3) is 0.700. The van der Waals surface area contributed by atoms with Gasteiger partial charge in [-0.15, -0.1) is 6.58 Å². The van der Waals surface area contributed by atoms with Gasteiger partial charge in [0.2, 0.25) is 0 Å². The van der Waals surface area contributed by atoms with Crippen LogP contribution in [-0.4, -0.2) is 29.1 Å².